The number of halogens is 1. The largest absolute Gasteiger partial charge is 0.511 e. The van der Waals surface area contributed by atoms with Gasteiger partial charge in [-0.15, -0.1) is 0 Å². The highest BCUT2D eigenvalue weighted by molar-refractivity contribution is 6.28. The first kappa shape index (κ1) is 7.30. The van der Waals surface area contributed by atoms with E-state index in [4.69, 9.17) is 16.7 Å². The SMILES string of the molecule is CC(=O)OC(Cl)=CO. The Labute approximate surface area is 51.5 Å². The molecule has 1 N–H and O–H groups in total. The number of rotatable bonds is 1. The molecule has 0 bridgehead atoms. The average molecular weight is 137 g/mol. The maximum atomic E-state index is 9.95. The third-order valence-corrected chi connectivity index (χ3v) is 0.517. The quantitative estimate of drug-likeness (QED) is 0.435. The van der Waals surface area contributed by atoms with E-state index in [1.165, 1.54) is 6.92 Å². The van der Waals surface area contributed by atoms with E-state index in [9.17, 15) is 4.79 Å². The van der Waals surface area contributed by atoms with Crippen molar-refractivity contribution in [3.8, 4) is 0 Å². The summed E-state index contributed by atoms with van der Waals surface area (Å²) in [4.78, 5) is 9.95. The molecule has 0 saturated carbocycles. The Morgan fingerprint density at radius 3 is 2.50 bits per heavy atom. The van der Waals surface area contributed by atoms with Crippen LogP contribution < -0.4 is 0 Å². The minimum Gasteiger partial charge on any atom is -0.511 e. The topological polar surface area (TPSA) is 46.5 Å². The summed E-state index contributed by atoms with van der Waals surface area (Å²) in [6.45, 7) is 1.19. The highest BCUT2D eigenvalue weighted by Crippen LogP contribution is 2.00. The van der Waals surface area contributed by atoms with Crippen molar-refractivity contribution in [2.45, 2.75) is 6.92 Å². The number of esters is 1. The summed E-state index contributed by atoms with van der Waals surface area (Å²) in [7, 11) is 0. The van der Waals surface area contributed by atoms with Crippen LogP contribution in [0, 0.1) is 0 Å². The van der Waals surface area contributed by atoms with Crippen LogP contribution >= 0.6 is 11.6 Å². The molecule has 0 radical (unpaired) electrons. The fourth-order valence-corrected chi connectivity index (χ4v) is 0.272. The zero-order valence-corrected chi connectivity index (χ0v) is 4.97. The molecule has 3 nitrogen and oxygen atoms in total. The lowest BCUT2D eigenvalue weighted by molar-refractivity contribution is -0.136. The second kappa shape index (κ2) is 3.32. The summed E-state index contributed by atoms with van der Waals surface area (Å²) >= 11 is 5.03. The van der Waals surface area contributed by atoms with Crippen molar-refractivity contribution >= 4 is 17.6 Å². The number of ether oxygens (including phenoxy) is 1. The van der Waals surface area contributed by atoms with Gasteiger partial charge >= 0.3 is 5.97 Å². The summed E-state index contributed by atoms with van der Waals surface area (Å²) in [5.41, 5.74) is 0. The Hall–Kier alpha value is -0.700. The zero-order valence-electron chi connectivity index (χ0n) is 4.22. The molecule has 0 fully saturated rings. The lowest BCUT2D eigenvalue weighted by Gasteiger charge is -1.92. The van der Waals surface area contributed by atoms with E-state index in [0.717, 1.165) is 0 Å². The number of carbonyl (C=O) groups is 1. The Bertz CT molecular complexity index is 118. The molecule has 0 amide bonds. The normalized spacial score (nSPS) is 11.0. The maximum absolute atomic E-state index is 9.95. The molecule has 4 heteroatoms. The third-order valence-electron chi connectivity index (χ3n) is 0.343. The van der Waals surface area contributed by atoms with Crippen LogP contribution in [-0.4, -0.2) is 11.1 Å². The van der Waals surface area contributed by atoms with Crippen LogP contribution in [0.15, 0.2) is 11.5 Å². The lowest BCUT2D eigenvalue weighted by atomic mass is 10.8. The highest BCUT2D eigenvalue weighted by atomic mass is 35.5. The van der Waals surface area contributed by atoms with Gasteiger partial charge in [0.05, 0.1) is 0 Å². The van der Waals surface area contributed by atoms with Gasteiger partial charge in [-0.05, 0) is 11.6 Å². The molecule has 0 aromatic carbocycles. The molecule has 0 saturated heterocycles. The van der Waals surface area contributed by atoms with Gasteiger partial charge in [-0.3, -0.25) is 4.79 Å². The average Bonchev–Trinajstić information content (AvgIpc) is 1.65. The third kappa shape index (κ3) is 3.49. The predicted molar refractivity (Wildman–Crippen MR) is 28.3 cm³/mol. The standard InChI is InChI=1S/C4H5ClO3/c1-3(7)8-4(5)2-6/h2,6H,1H3. The maximum Gasteiger partial charge on any atom is 0.308 e. The molecule has 0 rings (SSSR count). The predicted octanol–water partition coefficient (Wildman–Crippen LogP) is 1.15. The molecule has 0 spiro atoms. The number of aliphatic hydroxyl groups is 1. The number of carbonyl (C=O) groups excluding carboxylic acids is 1. The van der Waals surface area contributed by atoms with Crippen molar-refractivity contribution in [3.05, 3.63) is 11.5 Å². The van der Waals surface area contributed by atoms with E-state index in [1.54, 1.807) is 0 Å². The zero-order chi connectivity index (χ0) is 6.57. The Kier molecular flexibility index (Phi) is 3.03. The number of hydrogen-bond donors (Lipinski definition) is 1. The van der Waals surface area contributed by atoms with Gasteiger partial charge in [0.15, 0.2) is 0 Å². The smallest absolute Gasteiger partial charge is 0.308 e. The monoisotopic (exact) mass is 136 g/mol. The first-order chi connectivity index (χ1) is 3.66. The van der Waals surface area contributed by atoms with Gasteiger partial charge in [-0.1, -0.05) is 0 Å². The van der Waals surface area contributed by atoms with Gasteiger partial charge in [0, 0.05) is 6.92 Å². The lowest BCUT2D eigenvalue weighted by Crippen LogP contribution is -1.93. The van der Waals surface area contributed by atoms with Gasteiger partial charge in [0.2, 0.25) is 5.22 Å². The molecule has 0 aliphatic carbocycles. The first-order valence-corrected chi connectivity index (χ1v) is 2.23. The van der Waals surface area contributed by atoms with Crippen LogP contribution in [0.1, 0.15) is 6.92 Å². The Morgan fingerprint density at radius 2 is 2.38 bits per heavy atom. The summed E-state index contributed by atoms with van der Waals surface area (Å²) in [5, 5.41) is 7.69. The number of aliphatic hydroxyl groups excluding tert-OH is 1. The molecule has 0 heterocycles. The van der Waals surface area contributed by atoms with Crippen molar-refractivity contribution < 1.29 is 14.6 Å². The van der Waals surface area contributed by atoms with Crippen molar-refractivity contribution in [2.75, 3.05) is 0 Å². The van der Waals surface area contributed by atoms with Crippen LogP contribution in [0.5, 0.6) is 0 Å². The molecule has 0 aliphatic rings. The van der Waals surface area contributed by atoms with Gasteiger partial charge in [-0.25, -0.2) is 0 Å². The van der Waals surface area contributed by atoms with Gasteiger partial charge in [-0.2, -0.15) is 0 Å². The first-order valence-electron chi connectivity index (χ1n) is 1.85. The van der Waals surface area contributed by atoms with Gasteiger partial charge in [0.1, 0.15) is 6.26 Å². The molecule has 0 aromatic rings. The van der Waals surface area contributed by atoms with E-state index < -0.39 is 5.97 Å². The molecular weight excluding hydrogens is 131 g/mol. The molecule has 0 aromatic heterocycles. The highest BCUT2D eigenvalue weighted by Gasteiger charge is 1.94. The van der Waals surface area contributed by atoms with Crippen LogP contribution in [0.25, 0.3) is 0 Å². The van der Waals surface area contributed by atoms with Crippen LogP contribution in [0.3, 0.4) is 0 Å². The second-order valence-electron chi connectivity index (χ2n) is 1.03. The molecule has 46 valence electrons. The van der Waals surface area contributed by atoms with Crippen LogP contribution in [0.4, 0.5) is 0 Å². The van der Waals surface area contributed by atoms with Crippen molar-refractivity contribution in [3.63, 3.8) is 0 Å². The minimum absolute atomic E-state index is 0.322. The molecular formula is C4H5ClO3. The van der Waals surface area contributed by atoms with Crippen molar-refractivity contribution in [1.82, 2.24) is 0 Å². The fraction of sp³-hybridized carbons (Fsp3) is 0.250. The molecule has 8 heavy (non-hydrogen) atoms. The van der Waals surface area contributed by atoms with Crippen LogP contribution in [0.2, 0.25) is 0 Å². The Balaban J connectivity index is 3.56. The van der Waals surface area contributed by atoms with E-state index in [0.29, 0.717) is 6.26 Å². The molecule has 0 aliphatic heterocycles. The van der Waals surface area contributed by atoms with E-state index >= 15 is 0 Å². The van der Waals surface area contributed by atoms with E-state index in [2.05, 4.69) is 4.74 Å². The van der Waals surface area contributed by atoms with Gasteiger partial charge < -0.3 is 9.84 Å². The van der Waals surface area contributed by atoms with E-state index in [-0.39, 0.29) is 5.22 Å². The summed E-state index contributed by atoms with van der Waals surface area (Å²) in [5.74, 6) is -0.555. The van der Waals surface area contributed by atoms with E-state index in [1.807, 2.05) is 0 Å². The summed E-state index contributed by atoms with van der Waals surface area (Å²) < 4.78 is 4.14. The molecule has 0 unspecified atom stereocenters. The second-order valence-corrected chi connectivity index (χ2v) is 1.40. The summed E-state index contributed by atoms with van der Waals surface area (Å²) in [6, 6.07) is 0. The fourth-order valence-electron chi connectivity index (χ4n) is 0.164. The van der Waals surface area contributed by atoms with Gasteiger partial charge in [0.25, 0.3) is 0 Å². The molecule has 0 atom stereocenters. The van der Waals surface area contributed by atoms with Crippen molar-refractivity contribution in [1.29, 1.82) is 0 Å². The van der Waals surface area contributed by atoms with Crippen molar-refractivity contribution in [2.24, 2.45) is 0 Å². The number of hydrogen-bond acceptors (Lipinski definition) is 3. The minimum atomic E-state index is -0.555. The van der Waals surface area contributed by atoms with Crippen LogP contribution in [-0.2, 0) is 9.53 Å². The summed E-state index contributed by atoms with van der Waals surface area (Å²) in [6.07, 6.45) is 0.503. The Morgan fingerprint density at radius 1 is 1.88 bits per heavy atom.